The van der Waals surface area contributed by atoms with Crippen LogP contribution < -0.4 is 4.90 Å². The Hall–Kier alpha value is -8.20. The molecular weight excluding hydrogens is 761 g/mol. The molecule has 294 valence electrons. The van der Waals surface area contributed by atoms with Crippen molar-refractivity contribution in [3.63, 3.8) is 0 Å². The number of nitrogens with zero attached hydrogens (tertiary/aromatic N) is 2. The topological polar surface area (TPSA) is 8.17 Å². The Labute approximate surface area is 366 Å². The molecule has 1 heterocycles. The maximum Gasteiger partial charge on any atom is 0.0720 e. The average molecular weight is 801 g/mol. The fraction of sp³-hybridized carbons (Fsp3) is 0.0164. The Morgan fingerprint density at radius 1 is 0.302 bits per heavy atom. The maximum absolute atomic E-state index is 2.50. The number of hydrogen-bond donors (Lipinski definition) is 0. The van der Waals surface area contributed by atoms with Crippen molar-refractivity contribution >= 4 is 71.2 Å². The van der Waals surface area contributed by atoms with Gasteiger partial charge in [0.2, 0.25) is 0 Å². The number of benzene rings is 11. The van der Waals surface area contributed by atoms with E-state index in [2.05, 4.69) is 252 Å². The highest BCUT2D eigenvalue weighted by Crippen LogP contribution is 2.59. The lowest BCUT2D eigenvalue weighted by molar-refractivity contribution is 0.779. The first-order valence-corrected chi connectivity index (χ1v) is 21.8. The summed E-state index contributed by atoms with van der Waals surface area (Å²) in [6, 6.07) is 90.0. The first kappa shape index (κ1) is 35.5. The summed E-state index contributed by atoms with van der Waals surface area (Å²) in [5.41, 5.74) is 13.8. The van der Waals surface area contributed by atoms with E-state index in [9.17, 15) is 0 Å². The summed E-state index contributed by atoms with van der Waals surface area (Å²) in [4.78, 5) is 2.44. The summed E-state index contributed by atoms with van der Waals surface area (Å²) in [7, 11) is 0. The zero-order chi connectivity index (χ0) is 41.5. The van der Waals surface area contributed by atoms with Crippen molar-refractivity contribution in [1.82, 2.24) is 4.57 Å². The predicted octanol–water partition coefficient (Wildman–Crippen LogP) is 16.1. The molecule has 1 atom stereocenters. The van der Waals surface area contributed by atoms with Crippen molar-refractivity contribution in [1.29, 1.82) is 0 Å². The van der Waals surface area contributed by atoms with Gasteiger partial charge >= 0.3 is 0 Å². The van der Waals surface area contributed by atoms with Crippen molar-refractivity contribution in [2.45, 2.75) is 5.41 Å². The molecule has 0 saturated carbocycles. The highest BCUT2D eigenvalue weighted by molar-refractivity contribution is 6.10. The minimum absolute atomic E-state index is 0.651. The average Bonchev–Trinajstić information content (AvgIpc) is 3.83. The van der Waals surface area contributed by atoms with Crippen molar-refractivity contribution < 1.29 is 0 Å². The standard InChI is InChI=1S/C61H40N2/c1-3-22-47(23-4-1)62(50-33-35-54-53-27-13-14-29-59(53)63(60(54)40-50)48-24-5-2-6-25-48)49-32-34-52-55-37-44-19-9-10-20-45(44)38-57(55)61(58(52)39-49,46-31-30-41-16-7-8-18-43(41)36-46)56-28-15-21-42-17-11-12-26-51(42)56/h1-40H. The second kappa shape index (κ2) is 13.9. The van der Waals surface area contributed by atoms with Gasteiger partial charge in [-0.15, -0.1) is 0 Å². The van der Waals surface area contributed by atoms with Crippen LogP contribution in [0.15, 0.2) is 243 Å². The first-order chi connectivity index (χ1) is 31.2. The Bertz CT molecular complexity index is 3750. The SMILES string of the molecule is c1ccc(N(c2ccc3c(c2)C(c2ccc4ccccc4c2)(c2cccc4ccccc24)c2cc4ccccc4cc2-3)c2ccc3c4ccccc4n(-c4ccccc4)c3c2)cc1. The molecule has 12 aromatic rings. The van der Waals surface area contributed by atoms with E-state index in [1.807, 2.05) is 0 Å². The molecule has 1 unspecified atom stereocenters. The highest BCUT2D eigenvalue weighted by atomic mass is 15.1. The maximum atomic E-state index is 2.50. The quantitative estimate of drug-likeness (QED) is 0.163. The van der Waals surface area contributed by atoms with Crippen LogP contribution in [0.5, 0.6) is 0 Å². The summed E-state index contributed by atoms with van der Waals surface area (Å²) in [5, 5.41) is 9.91. The molecule has 11 aromatic carbocycles. The smallest absolute Gasteiger partial charge is 0.0720 e. The molecule has 0 radical (unpaired) electrons. The molecule has 2 heteroatoms. The van der Waals surface area contributed by atoms with Crippen molar-refractivity contribution in [3.05, 3.63) is 265 Å². The normalized spacial score (nSPS) is 14.4. The molecule has 0 saturated heterocycles. The molecule has 1 aromatic heterocycles. The van der Waals surface area contributed by atoms with Gasteiger partial charge in [0.05, 0.1) is 16.4 Å². The lowest BCUT2D eigenvalue weighted by atomic mass is 9.66. The second-order valence-corrected chi connectivity index (χ2v) is 16.9. The first-order valence-electron chi connectivity index (χ1n) is 21.8. The van der Waals surface area contributed by atoms with Gasteiger partial charge in [0.1, 0.15) is 0 Å². The van der Waals surface area contributed by atoms with Crippen molar-refractivity contribution in [2.75, 3.05) is 4.90 Å². The van der Waals surface area contributed by atoms with E-state index in [4.69, 9.17) is 0 Å². The van der Waals surface area contributed by atoms with E-state index < -0.39 is 5.41 Å². The highest BCUT2D eigenvalue weighted by Gasteiger charge is 2.47. The van der Waals surface area contributed by atoms with E-state index >= 15 is 0 Å². The van der Waals surface area contributed by atoms with E-state index in [0.29, 0.717) is 0 Å². The zero-order valence-corrected chi connectivity index (χ0v) is 34.5. The molecular formula is C61H40N2. The molecule has 0 fully saturated rings. The van der Waals surface area contributed by atoms with Crippen LogP contribution >= 0.6 is 0 Å². The van der Waals surface area contributed by atoms with Gasteiger partial charge in [-0.1, -0.05) is 170 Å². The van der Waals surface area contributed by atoms with Crippen LogP contribution in [0.4, 0.5) is 17.1 Å². The molecule has 0 amide bonds. The monoisotopic (exact) mass is 800 g/mol. The molecule has 0 spiro atoms. The number of rotatable bonds is 6. The molecule has 0 N–H and O–H groups in total. The van der Waals surface area contributed by atoms with Crippen molar-refractivity contribution in [3.8, 4) is 16.8 Å². The van der Waals surface area contributed by atoms with Gasteiger partial charge in [0, 0.05) is 33.5 Å². The van der Waals surface area contributed by atoms with Gasteiger partial charge < -0.3 is 9.47 Å². The third-order valence-electron chi connectivity index (χ3n) is 13.6. The van der Waals surface area contributed by atoms with Gasteiger partial charge in [-0.2, -0.15) is 0 Å². The molecule has 1 aliphatic rings. The lowest BCUT2D eigenvalue weighted by Crippen LogP contribution is -2.29. The molecule has 13 rings (SSSR count). The Kier molecular flexibility index (Phi) is 7.85. The van der Waals surface area contributed by atoms with E-state index in [-0.39, 0.29) is 0 Å². The van der Waals surface area contributed by atoms with Crippen molar-refractivity contribution in [2.24, 2.45) is 0 Å². The largest absolute Gasteiger partial charge is 0.310 e. The van der Waals surface area contributed by atoms with E-state index in [1.54, 1.807) is 0 Å². The fourth-order valence-corrected chi connectivity index (χ4v) is 10.8. The Morgan fingerprint density at radius 2 is 0.889 bits per heavy atom. The number of fused-ring (bicyclic) bond motifs is 9. The molecule has 0 aliphatic heterocycles. The molecule has 63 heavy (non-hydrogen) atoms. The van der Waals surface area contributed by atoms with Crippen LogP contribution in [0.25, 0.3) is 70.9 Å². The van der Waals surface area contributed by atoms with Crippen LogP contribution in [-0.4, -0.2) is 4.57 Å². The minimum atomic E-state index is -0.651. The van der Waals surface area contributed by atoms with Gasteiger partial charge in [-0.05, 0) is 138 Å². The van der Waals surface area contributed by atoms with Crippen LogP contribution in [0.3, 0.4) is 0 Å². The van der Waals surface area contributed by atoms with Crippen LogP contribution in [0.1, 0.15) is 22.3 Å². The van der Waals surface area contributed by atoms with E-state index in [1.165, 1.54) is 87.5 Å². The van der Waals surface area contributed by atoms with Crippen LogP contribution in [-0.2, 0) is 5.41 Å². The van der Waals surface area contributed by atoms with Gasteiger partial charge in [0.15, 0.2) is 0 Å². The Morgan fingerprint density at radius 3 is 1.70 bits per heavy atom. The minimum Gasteiger partial charge on any atom is -0.310 e. The summed E-state index contributed by atoms with van der Waals surface area (Å²) < 4.78 is 2.41. The molecule has 0 bridgehead atoms. The number of aromatic nitrogens is 1. The summed E-state index contributed by atoms with van der Waals surface area (Å²) >= 11 is 0. The molecule has 2 nitrogen and oxygen atoms in total. The second-order valence-electron chi connectivity index (χ2n) is 16.9. The number of para-hydroxylation sites is 3. The Balaban J connectivity index is 1.13. The van der Waals surface area contributed by atoms with Gasteiger partial charge in [-0.25, -0.2) is 0 Å². The summed E-state index contributed by atoms with van der Waals surface area (Å²) in [6.07, 6.45) is 0. The lowest BCUT2D eigenvalue weighted by Gasteiger charge is -2.36. The molecule has 1 aliphatic carbocycles. The van der Waals surface area contributed by atoms with Gasteiger partial charge in [0.25, 0.3) is 0 Å². The number of anilines is 3. The third-order valence-corrected chi connectivity index (χ3v) is 13.6. The van der Waals surface area contributed by atoms with E-state index in [0.717, 1.165) is 22.7 Å². The zero-order valence-electron chi connectivity index (χ0n) is 34.5. The van der Waals surface area contributed by atoms with Crippen LogP contribution in [0.2, 0.25) is 0 Å². The van der Waals surface area contributed by atoms with Gasteiger partial charge in [-0.3, -0.25) is 0 Å². The predicted molar refractivity (Wildman–Crippen MR) is 265 cm³/mol. The summed E-state index contributed by atoms with van der Waals surface area (Å²) in [6.45, 7) is 0. The third kappa shape index (κ3) is 5.32. The number of hydrogen-bond acceptors (Lipinski definition) is 1. The van der Waals surface area contributed by atoms with Crippen LogP contribution in [0, 0.1) is 0 Å². The fourth-order valence-electron chi connectivity index (χ4n) is 10.8. The summed E-state index contributed by atoms with van der Waals surface area (Å²) in [5.74, 6) is 0.